The van der Waals surface area contributed by atoms with E-state index in [0.29, 0.717) is 5.69 Å². The molecule has 5 nitrogen and oxygen atoms in total. The highest BCUT2D eigenvalue weighted by Crippen LogP contribution is 2.23. The van der Waals surface area contributed by atoms with Gasteiger partial charge < -0.3 is 9.84 Å². The summed E-state index contributed by atoms with van der Waals surface area (Å²) in [5.74, 6) is -0.727. The lowest BCUT2D eigenvalue weighted by atomic mass is 10.1. The van der Waals surface area contributed by atoms with Crippen LogP contribution in [0.25, 0.3) is 11.1 Å². The molecule has 1 aromatic heterocycles. The number of nitrogens with zero attached hydrogens (tertiary/aromatic N) is 2. The zero-order chi connectivity index (χ0) is 16.7. The van der Waals surface area contributed by atoms with Gasteiger partial charge in [-0.2, -0.15) is 0 Å². The number of aromatic nitrogens is 1. The SMILES string of the molecule is CCOC(=O)C(C=Nc1cccc(-c2cccnc2)c1)=C(C)O. The van der Waals surface area contributed by atoms with Gasteiger partial charge in [-0.15, -0.1) is 0 Å². The Bertz CT molecular complexity index is 733. The van der Waals surface area contributed by atoms with Crippen LogP contribution in [0.5, 0.6) is 0 Å². The minimum atomic E-state index is -0.598. The smallest absolute Gasteiger partial charge is 0.343 e. The summed E-state index contributed by atoms with van der Waals surface area (Å²) in [5, 5.41) is 9.60. The van der Waals surface area contributed by atoms with Crippen molar-refractivity contribution in [3.05, 3.63) is 60.1 Å². The van der Waals surface area contributed by atoms with Gasteiger partial charge in [0, 0.05) is 24.2 Å². The molecule has 0 amide bonds. The zero-order valence-corrected chi connectivity index (χ0v) is 13.1. The van der Waals surface area contributed by atoms with Crippen molar-refractivity contribution < 1.29 is 14.6 Å². The van der Waals surface area contributed by atoms with Crippen LogP contribution < -0.4 is 0 Å². The van der Waals surface area contributed by atoms with Crippen LogP contribution in [0.1, 0.15) is 13.8 Å². The summed E-state index contributed by atoms with van der Waals surface area (Å²) >= 11 is 0. The lowest BCUT2D eigenvalue weighted by Crippen LogP contribution is -2.10. The van der Waals surface area contributed by atoms with Crippen molar-refractivity contribution in [3.63, 3.8) is 0 Å². The zero-order valence-electron chi connectivity index (χ0n) is 13.1. The number of hydrogen-bond acceptors (Lipinski definition) is 5. The minimum absolute atomic E-state index is 0.0404. The maximum Gasteiger partial charge on any atom is 0.343 e. The Morgan fingerprint density at radius 2 is 2.09 bits per heavy atom. The second-order valence-electron chi connectivity index (χ2n) is 4.77. The Morgan fingerprint density at radius 3 is 2.74 bits per heavy atom. The molecule has 0 atom stereocenters. The molecule has 0 saturated carbocycles. The van der Waals surface area contributed by atoms with Gasteiger partial charge in [0.2, 0.25) is 0 Å². The van der Waals surface area contributed by atoms with Gasteiger partial charge in [-0.3, -0.25) is 9.98 Å². The van der Waals surface area contributed by atoms with Gasteiger partial charge in [0.1, 0.15) is 11.3 Å². The molecule has 118 valence electrons. The molecule has 0 saturated heterocycles. The molecule has 0 aliphatic heterocycles. The first-order valence-corrected chi connectivity index (χ1v) is 7.23. The van der Waals surface area contributed by atoms with E-state index in [0.717, 1.165) is 11.1 Å². The first-order chi connectivity index (χ1) is 11.1. The van der Waals surface area contributed by atoms with Crippen molar-refractivity contribution >= 4 is 17.9 Å². The number of rotatable bonds is 5. The number of benzene rings is 1. The number of aliphatic imine (C=N–C) groups is 1. The summed E-state index contributed by atoms with van der Waals surface area (Å²) in [5.41, 5.74) is 2.65. The number of esters is 1. The van der Waals surface area contributed by atoms with Crippen LogP contribution >= 0.6 is 0 Å². The topological polar surface area (TPSA) is 71.8 Å². The fraction of sp³-hybridized carbons (Fsp3) is 0.167. The number of carbonyl (C=O) groups is 1. The highest BCUT2D eigenvalue weighted by Gasteiger charge is 2.11. The first-order valence-electron chi connectivity index (χ1n) is 7.23. The van der Waals surface area contributed by atoms with E-state index in [1.165, 1.54) is 13.1 Å². The monoisotopic (exact) mass is 310 g/mol. The number of aliphatic hydroxyl groups excluding tert-OH is 1. The van der Waals surface area contributed by atoms with Crippen LogP contribution in [-0.2, 0) is 9.53 Å². The summed E-state index contributed by atoms with van der Waals surface area (Å²) in [4.78, 5) is 20.1. The van der Waals surface area contributed by atoms with Crippen molar-refractivity contribution in [2.45, 2.75) is 13.8 Å². The molecule has 23 heavy (non-hydrogen) atoms. The van der Waals surface area contributed by atoms with E-state index in [4.69, 9.17) is 4.74 Å². The molecule has 2 rings (SSSR count). The number of carbonyl (C=O) groups excluding carboxylic acids is 1. The number of aliphatic hydroxyl groups is 1. The molecular weight excluding hydrogens is 292 g/mol. The summed E-state index contributed by atoms with van der Waals surface area (Å²) in [7, 11) is 0. The Hall–Kier alpha value is -2.95. The lowest BCUT2D eigenvalue weighted by molar-refractivity contribution is -0.138. The summed E-state index contributed by atoms with van der Waals surface area (Å²) in [6.45, 7) is 3.36. The largest absolute Gasteiger partial charge is 0.512 e. The fourth-order valence-electron chi connectivity index (χ4n) is 1.94. The molecule has 1 aromatic carbocycles. The number of allylic oxidation sites excluding steroid dienone is 1. The van der Waals surface area contributed by atoms with E-state index in [1.54, 1.807) is 19.3 Å². The van der Waals surface area contributed by atoms with Crippen molar-refractivity contribution in [3.8, 4) is 11.1 Å². The van der Waals surface area contributed by atoms with Crippen LogP contribution in [0.15, 0.2) is 65.1 Å². The van der Waals surface area contributed by atoms with Crippen LogP contribution in [0.3, 0.4) is 0 Å². The quantitative estimate of drug-likeness (QED) is 0.394. The molecule has 2 aromatic rings. The van der Waals surface area contributed by atoms with E-state index >= 15 is 0 Å². The normalized spacial score (nSPS) is 12.1. The van der Waals surface area contributed by atoms with Gasteiger partial charge in [0.15, 0.2) is 0 Å². The predicted molar refractivity (Wildman–Crippen MR) is 89.8 cm³/mol. The van der Waals surface area contributed by atoms with Gasteiger partial charge in [-0.05, 0) is 37.6 Å². The molecule has 1 N–H and O–H groups in total. The van der Waals surface area contributed by atoms with Crippen molar-refractivity contribution in [2.75, 3.05) is 6.61 Å². The van der Waals surface area contributed by atoms with E-state index in [-0.39, 0.29) is 17.9 Å². The molecule has 0 spiro atoms. The molecule has 0 unspecified atom stereocenters. The number of ether oxygens (including phenoxy) is 1. The fourth-order valence-corrected chi connectivity index (χ4v) is 1.94. The van der Waals surface area contributed by atoms with Crippen molar-refractivity contribution in [1.29, 1.82) is 0 Å². The van der Waals surface area contributed by atoms with Crippen LogP contribution in [-0.4, -0.2) is 28.9 Å². The highest BCUT2D eigenvalue weighted by molar-refractivity contribution is 6.10. The summed E-state index contributed by atoms with van der Waals surface area (Å²) in [6, 6.07) is 11.3. The average Bonchev–Trinajstić information content (AvgIpc) is 2.56. The molecular formula is C18H18N2O3. The Kier molecular flexibility index (Phi) is 5.63. The van der Waals surface area contributed by atoms with E-state index < -0.39 is 5.97 Å². The van der Waals surface area contributed by atoms with Gasteiger partial charge in [-0.1, -0.05) is 18.2 Å². The Labute approximate surface area is 135 Å². The molecule has 5 heteroatoms. The van der Waals surface area contributed by atoms with Crippen molar-refractivity contribution in [2.24, 2.45) is 4.99 Å². The second-order valence-corrected chi connectivity index (χ2v) is 4.77. The summed E-state index contributed by atoms with van der Waals surface area (Å²) in [6.07, 6.45) is 4.80. The van der Waals surface area contributed by atoms with Crippen LogP contribution in [0.2, 0.25) is 0 Å². The minimum Gasteiger partial charge on any atom is -0.512 e. The van der Waals surface area contributed by atoms with E-state index in [2.05, 4.69) is 9.98 Å². The molecule has 0 bridgehead atoms. The predicted octanol–water partition coefficient (Wildman–Crippen LogP) is 3.85. The third-order valence-electron chi connectivity index (χ3n) is 3.07. The number of pyridine rings is 1. The van der Waals surface area contributed by atoms with Crippen LogP contribution in [0.4, 0.5) is 5.69 Å². The Balaban J connectivity index is 2.26. The number of hydrogen-bond donors (Lipinski definition) is 1. The maximum absolute atomic E-state index is 11.8. The van der Waals surface area contributed by atoms with Gasteiger partial charge in [0.05, 0.1) is 12.3 Å². The van der Waals surface area contributed by atoms with Gasteiger partial charge in [0.25, 0.3) is 0 Å². The first kappa shape index (κ1) is 16.4. The van der Waals surface area contributed by atoms with Crippen molar-refractivity contribution in [1.82, 2.24) is 4.98 Å². The third kappa shape index (κ3) is 4.51. The van der Waals surface area contributed by atoms with E-state index in [9.17, 15) is 9.90 Å². The average molecular weight is 310 g/mol. The third-order valence-corrected chi connectivity index (χ3v) is 3.07. The Morgan fingerprint density at radius 1 is 1.30 bits per heavy atom. The van der Waals surface area contributed by atoms with Crippen LogP contribution in [0, 0.1) is 0 Å². The van der Waals surface area contributed by atoms with Gasteiger partial charge in [-0.25, -0.2) is 4.79 Å². The molecule has 0 aliphatic carbocycles. The van der Waals surface area contributed by atoms with Gasteiger partial charge >= 0.3 is 5.97 Å². The molecule has 1 heterocycles. The van der Waals surface area contributed by atoms with E-state index in [1.807, 2.05) is 36.4 Å². The maximum atomic E-state index is 11.8. The summed E-state index contributed by atoms with van der Waals surface area (Å²) < 4.78 is 4.89. The highest BCUT2D eigenvalue weighted by atomic mass is 16.5. The second kappa shape index (κ2) is 7.89. The standard InChI is InChI=1S/C18H18N2O3/c1-3-23-18(22)17(13(2)21)12-20-16-8-4-6-14(10-16)15-7-5-9-19-11-15/h4-12,21H,3H2,1-2H3. The molecule has 0 fully saturated rings. The molecule has 0 aliphatic rings. The molecule has 0 radical (unpaired) electrons. The lowest BCUT2D eigenvalue weighted by Gasteiger charge is -2.04.